The molecule has 0 bridgehead atoms. The quantitative estimate of drug-likeness (QED) is 0.267. The first-order valence-corrected chi connectivity index (χ1v) is 25.5. The standard InChI is InChI=1S/C38H60.C27H34/c1-21-20-28(23(3)22(21)2)32-30(27(7)36(14,15)34(8,9)10)24(4)29-25(5)33(26(6)31(29)32)37(16,17)38(18,19)35(11,12)13;1-12-11-22(15(4)13(12)2)26-19(8)18(7)25-20(9)23-16(5)14(3)17(6)24(23)21(10)27(25)26/h27,30,33H,4,6,20H2,1-3,5,7-19H3;16,26H,11H2,1-10H3. The lowest BCUT2D eigenvalue weighted by Gasteiger charge is -2.54. The Labute approximate surface area is 401 Å². The van der Waals surface area contributed by atoms with E-state index in [1.807, 2.05) is 0 Å². The molecule has 354 valence electrons. The lowest BCUT2D eigenvalue weighted by molar-refractivity contribution is -0.0282. The molecule has 0 amide bonds. The predicted molar refractivity (Wildman–Crippen MR) is 289 cm³/mol. The fourth-order valence-electron chi connectivity index (χ4n) is 13.9. The van der Waals surface area contributed by atoms with Gasteiger partial charge in [0.2, 0.25) is 0 Å². The molecule has 6 aliphatic carbocycles. The first kappa shape index (κ1) is 51.0. The minimum atomic E-state index is 0.0388. The zero-order valence-corrected chi connectivity index (χ0v) is 47.2. The number of rotatable bonds is 6. The van der Waals surface area contributed by atoms with E-state index in [2.05, 4.69) is 187 Å². The topological polar surface area (TPSA) is 0 Å². The van der Waals surface area contributed by atoms with Gasteiger partial charge in [-0.1, -0.05) is 144 Å². The Hall–Kier alpha value is -3.38. The summed E-state index contributed by atoms with van der Waals surface area (Å²) in [4.78, 5) is 0. The van der Waals surface area contributed by atoms with Crippen LogP contribution in [0.2, 0.25) is 0 Å². The summed E-state index contributed by atoms with van der Waals surface area (Å²) in [6.07, 6.45) is 2.20. The summed E-state index contributed by atoms with van der Waals surface area (Å²) in [5.41, 5.74) is 37.1. The number of fused-ring (bicyclic) bond motifs is 3. The Bertz CT molecular complexity index is 2580. The molecule has 0 radical (unpaired) electrons. The van der Waals surface area contributed by atoms with Crippen LogP contribution in [0, 0.1) is 58.7 Å². The lowest BCUT2D eigenvalue weighted by Crippen LogP contribution is -2.47. The summed E-state index contributed by atoms with van der Waals surface area (Å²) < 4.78 is 0. The first-order chi connectivity index (χ1) is 29.4. The van der Waals surface area contributed by atoms with Gasteiger partial charge in [-0.3, -0.25) is 0 Å². The molecule has 65 heavy (non-hydrogen) atoms. The van der Waals surface area contributed by atoms with E-state index in [1.165, 1.54) is 78.0 Å². The number of benzene rings is 1. The van der Waals surface area contributed by atoms with Crippen molar-refractivity contribution in [2.45, 2.75) is 212 Å². The van der Waals surface area contributed by atoms with Gasteiger partial charge in [-0.15, -0.1) is 0 Å². The second-order valence-electron chi connectivity index (χ2n) is 26.2. The fraction of sp³-hybridized carbons (Fsp3) is 0.600. The second-order valence-corrected chi connectivity index (χ2v) is 26.2. The highest BCUT2D eigenvalue weighted by Gasteiger charge is 2.57. The van der Waals surface area contributed by atoms with Gasteiger partial charge in [0.05, 0.1) is 0 Å². The van der Waals surface area contributed by atoms with Crippen molar-refractivity contribution < 1.29 is 0 Å². The van der Waals surface area contributed by atoms with Gasteiger partial charge in [0.25, 0.3) is 0 Å². The van der Waals surface area contributed by atoms with Crippen molar-refractivity contribution in [3.63, 3.8) is 0 Å². The number of hydrogen-bond acceptors (Lipinski definition) is 0. The molecule has 5 unspecified atom stereocenters. The monoisotopic (exact) mass is 875 g/mol. The summed E-state index contributed by atoms with van der Waals surface area (Å²) in [7, 11) is 0. The summed E-state index contributed by atoms with van der Waals surface area (Å²) in [6.45, 7) is 74.5. The van der Waals surface area contributed by atoms with Crippen LogP contribution < -0.4 is 0 Å². The molecule has 0 saturated heterocycles. The van der Waals surface area contributed by atoms with Crippen LogP contribution in [0.5, 0.6) is 0 Å². The molecule has 5 atom stereocenters. The maximum absolute atomic E-state index is 4.94. The SMILES string of the molecule is C=C1C2=C(C)C(C(C)(C)C(C)(C)C(C)(C)C)C(=C)C2=C(C2=C(C)C(C)=C(C)C2)C1C(C)C(C)(C)C(C)(C)C.CC1=C(C)C(C)=C(C2C(C)=C(C)c3c(C)c4c(c(C)c32)C(C)=C(C)C4C)C1. The molecule has 0 spiro atoms. The van der Waals surface area contributed by atoms with Crippen molar-refractivity contribution in [2.75, 3.05) is 0 Å². The van der Waals surface area contributed by atoms with Crippen molar-refractivity contribution in [3.8, 4) is 0 Å². The average Bonchev–Trinajstić information content (AvgIpc) is 3.94. The Morgan fingerprint density at radius 1 is 0.508 bits per heavy atom. The largest absolute Gasteiger partial charge is 0.0946 e. The summed E-state index contributed by atoms with van der Waals surface area (Å²) in [5, 5.41) is 0. The number of allylic oxidation sites excluding steroid dienone is 18. The third kappa shape index (κ3) is 7.07. The smallest absolute Gasteiger partial charge is 0.0278 e. The van der Waals surface area contributed by atoms with Crippen LogP contribution in [-0.2, 0) is 0 Å². The molecule has 1 aromatic carbocycles. The molecule has 0 nitrogen and oxygen atoms in total. The predicted octanol–water partition coefficient (Wildman–Crippen LogP) is 20.0. The average molecular weight is 875 g/mol. The van der Waals surface area contributed by atoms with Crippen LogP contribution in [-0.4, -0.2) is 0 Å². The van der Waals surface area contributed by atoms with E-state index >= 15 is 0 Å². The van der Waals surface area contributed by atoms with Gasteiger partial charge in [0, 0.05) is 23.7 Å². The Balaban J connectivity index is 0.000000227. The zero-order chi connectivity index (χ0) is 49.7. The lowest BCUT2D eigenvalue weighted by atomic mass is 9.50. The molecule has 0 heteroatoms. The van der Waals surface area contributed by atoms with E-state index in [4.69, 9.17) is 13.2 Å². The van der Waals surface area contributed by atoms with E-state index in [9.17, 15) is 0 Å². The van der Waals surface area contributed by atoms with Crippen LogP contribution in [0.3, 0.4) is 0 Å². The highest BCUT2D eigenvalue weighted by atomic mass is 14.6. The third-order valence-corrected chi connectivity index (χ3v) is 21.5. The van der Waals surface area contributed by atoms with E-state index in [1.54, 1.807) is 55.7 Å². The normalized spacial score (nSPS) is 24.8. The first-order valence-electron chi connectivity index (χ1n) is 25.5. The van der Waals surface area contributed by atoms with Crippen molar-refractivity contribution in [3.05, 3.63) is 136 Å². The minimum absolute atomic E-state index is 0.0388. The molecule has 7 rings (SSSR count). The van der Waals surface area contributed by atoms with Crippen molar-refractivity contribution in [1.82, 2.24) is 0 Å². The van der Waals surface area contributed by atoms with Gasteiger partial charge in [-0.2, -0.15) is 0 Å². The van der Waals surface area contributed by atoms with Crippen LogP contribution >= 0.6 is 0 Å². The summed E-state index contributed by atoms with van der Waals surface area (Å²) in [5.74, 6) is 2.12. The Morgan fingerprint density at radius 2 is 0.985 bits per heavy atom. The zero-order valence-electron chi connectivity index (χ0n) is 47.2. The van der Waals surface area contributed by atoms with E-state index in [0.717, 1.165) is 12.8 Å². The molecular formula is C65H94. The highest BCUT2D eigenvalue weighted by molar-refractivity contribution is 5.89. The van der Waals surface area contributed by atoms with E-state index in [-0.39, 0.29) is 27.1 Å². The second kappa shape index (κ2) is 16.1. The molecule has 0 fully saturated rings. The summed E-state index contributed by atoms with van der Waals surface area (Å²) in [6, 6.07) is 0. The van der Waals surface area contributed by atoms with Crippen LogP contribution in [0.25, 0.3) is 11.1 Å². The third-order valence-electron chi connectivity index (χ3n) is 21.5. The summed E-state index contributed by atoms with van der Waals surface area (Å²) >= 11 is 0. The van der Waals surface area contributed by atoms with Gasteiger partial charge in [0.15, 0.2) is 0 Å². The van der Waals surface area contributed by atoms with Crippen molar-refractivity contribution in [2.24, 2.45) is 44.8 Å². The van der Waals surface area contributed by atoms with E-state index in [0.29, 0.717) is 29.6 Å². The van der Waals surface area contributed by atoms with Gasteiger partial charge in [-0.05, 0) is 236 Å². The van der Waals surface area contributed by atoms with Crippen LogP contribution in [0.4, 0.5) is 0 Å². The molecule has 0 N–H and O–H groups in total. The maximum Gasteiger partial charge on any atom is 0.0278 e. The molecule has 0 aromatic heterocycles. The molecule has 0 heterocycles. The molecule has 1 aromatic rings. The number of hydrogen-bond donors (Lipinski definition) is 0. The van der Waals surface area contributed by atoms with Crippen LogP contribution in [0.1, 0.15) is 231 Å². The molecule has 0 aliphatic heterocycles. The Morgan fingerprint density at radius 3 is 1.45 bits per heavy atom. The maximum atomic E-state index is 4.94. The van der Waals surface area contributed by atoms with Gasteiger partial charge in [-0.25, -0.2) is 0 Å². The van der Waals surface area contributed by atoms with E-state index < -0.39 is 0 Å². The minimum Gasteiger partial charge on any atom is -0.0946 e. The fourth-order valence-corrected chi connectivity index (χ4v) is 13.9. The highest BCUT2D eigenvalue weighted by Crippen LogP contribution is 2.67. The molecule has 0 saturated carbocycles. The van der Waals surface area contributed by atoms with Crippen LogP contribution in [0.15, 0.2) is 102 Å². The van der Waals surface area contributed by atoms with Gasteiger partial charge in [0.1, 0.15) is 0 Å². The molecule has 6 aliphatic rings. The van der Waals surface area contributed by atoms with Crippen molar-refractivity contribution in [1.29, 1.82) is 0 Å². The van der Waals surface area contributed by atoms with Gasteiger partial charge >= 0.3 is 0 Å². The Kier molecular flexibility index (Phi) is 12.7. The molecular weight excluding hydrogens is 781 g/mol. The van der Waals surface area contributed by atoms with Gasteiger partial charge < -0.3 is 0 Å². The van der Waals surface area contributed by atoms with Crippen molar-refractivity contribution >= 4 is 11.1 Å².